The van der Waals surface area contributed by atoms with Gasteiger partial charge in [0, 0.05) is 18.5 Å². The third-order valence-corrected chi connectivity index (χ3v) is 2.66. The molecule has 1 amide bonds. The van der Waals surface area contributed by atoms with Crippen LogP contribution in [0.15, 0.2) is 29.3 Å². The van der Waals surface area contributed by atoms with E-state index < -0.39 is 5.91 Å². The van der Waals surface area contributed by atoms with Crippen LogP contribution in [0, 0.1) is 0 Å². The number of carbonyl (C=O) groups is 1. The molecule has 7 nitrogen and oxygen atoms in total. The first kappa shape index (κ1) is 13.2. The monoisotopic (exact) mass is 277 g/mol. The van der Waals surface area contributed by atoms with Crippen LogP contribution in [0.25, 0.3) is 0 Å². The lowest BCUT2D eigenvalue weighted by Crippen LogP contribution is -2.21. The number of hydrogen-bond donors (Lipinski definition) is 2. The summed E-state index contributed by atoms with van der Waals surface area (Å²) in [6, 6.07) is 2.78. The third kappa shape index (κ3) is 3.62. The molecule has 2 aromatic heterocycles. The van der Waals surface area contributed by atoms with Crippen molar-refractivity contribution in [3.63, 3.8) is 0 Å². The van der Waals surface area contributed by atoms with Crippen molar-refractivity contribution < 1.29 is 4.79 Å². The molecule has 0 radical (unpaired) electrons. The molecule has 2 N–H and O–H groups in total. The first-order valence-corrected chi connectivity index (χ1v) is 6.76. The fourth-order valence-electron chi connectivity index (χ4n) is 1.36. The molecule has 0 aliphatic carbocycles. The van der Waals surface area contributed by atoms with Crippen LogP contribution >= 0.6 is 11.8 Å². The van der Waals surface area contributed by atoms with Gasteiger partial charge in [-0.2, -0.15) is 11.8 Å². The van der Waals surface area contributed by atoms with E-state index in [0.717, 1.165) is 6.07 Å². The summed E-state index contributed by atoms with van der Waals surface area (Å²) in [5.74, 6) is 0.637. The number of carbonyl (C=O) groups excluding carboxylic acids is 1. The minimum absolute atomic E-state index is 0.0419. The van der Waals surface area contributed by atoms with Gasteiger partial charge in [-0.1, -0.05) is 0 Å². The maximum Gasteiger partial charge on any atom is 0.276 e. The van der Waals surface area contributed by atoms with Gasteiger partial charge in [-0.05, 0) is 12.3 Å². The van der Waals surface area contributed by atoms with Crippen molar-refractivity contribution in [1.29, 1.82) is 0 Å². The van der Waals surface area contributed by atoms with Crippen molar-refractivity contribution in [2.45, 2.75) is 5.75 Å². The number of nitrogens with zero attached hydrogens (tertiary/aromatic N) is 3. The van der Waals surface area contributed by atoms with Gasteiger partial charge in [0.15, 0.2) is 0 Å². The lowest BCUT2D eigenvalue weighted by atomic mass is 10.3. The van der Waals surface area contributed by atoms with Crippen molar-refractivity contribution in [3.8, 4) is 0 Å². The Morgan fingerprint density at radius 1 is 1.42 bits per heavy atom. The Bertz CT molecular complexity index is 628. The smallest absolute Gasteiger partial charge is 0.276 e. The standard InChI is InChI=1S/C11H11N5O2S/c1-19-6-8-14-7(5-9(17)15-8)10(18)16-11-12-3-2-4-13-11/h2-5H,6H2,1H3,(H,14,15,17)(H,12,13,16,18). The topological polar surface area (TPSA) is 101 Å². The van der Waals surface area contributed by atoms with Crippen LogP contribution in [0.4, 0.5) is 5.95 Å². The number of rotatable bonds is 4. The quantitative estimate of drug-likeness (QED) is 0.852. The molecule has 0 saturated carbocycles. The summed E-state index contributed by atoms with van der Waals surface area (Å²) in [5, 5.41) is 2.47. The summed E-state index contributed by atoms with van der Waals surface area (Å²) in [4.78, 5) is 37.7. The Kier molecular flexibility index (Phi) is 4.24. The summed E-state index contributed by atoms with van der Waals surface area (Å²) >= 11 is 1.50. The Morgan fingerprint density at radius 2 is 2.16 bits per heavy atom. The Morgan fingerprint density at radius 3 is 2.84 bits per heavy atom. The highest BCUT2D eigenvalue weighted by Gasteiger charge is 2.11. The predicted molar refractivity (Wildman–Crippen MR) is 72.1 cm³/mol. The summed E-state index contributed by atoms with van der Waals surface area (Å²) < 4.78 is 0. The number of anilines is 1. The van der Waals surface area contributed by atoms with Gasteiger partial charge < -0.3 is 4.98 Å². The Labute approximate surface area is 112 Å². The van der Waals surface area contributed by atoms with Gasteiger partial charge in [0.05, 0.1) is 5.75 Å². The largest absolute Gasteiger partial charge is 0.310 e. The average molecular weight is 277 g/mol. The molecular formula is C11H11N5O2S. The number of amides is 1. The summed E-state index contributed by atoms with van der Waals surface area (Å²) in [7, 11) is 0. The molecule has 0 bridgehead atoms. The molecule has 0 aliphatic heterocycles. The molecule has 0 saturated heterocycles. The number of nitrogens with one attached hydrogen (secondary N) is 2. The number of hydrogen-bond acceptors (Lipinski definition) is 6. The summed E-state index contributed by atoms with van der Waals surface area (Å²) in [5.41, 5.74) is -0.321. The van der Waals surface area contributed by atoms with E-state index in [4.69, 9.17) is 0 Å². The number of thioether (sulfide) groups is 1. The molecule has 0 atom stereocenters. The Balaban J connectivity index is 2.21. The molecule has 2 heterocycles. The normalized spacial score (nSPS) is 10.2. The molecule has 0 unspecified atom stereocenters. The molecule has 0 spiro atoms. The van der Waals surface area contributed by atoms with Gasteiger partial charge in [0.25, 0.3) is 11.5 Å². The highest BCUT2D eigenvalue weighted by Crippen LogP contribution is 2.04. The molecule has 0 aromatic carbocycles. The third-order valence-electron chi connectivity index (χ3n) is 2.10. The lowest BCUT2D eigenvalue weighted by molar-refractivity contribution is 0.102. The van der Waals surface area contributed by atoms with Gasteiger partial charge in [-0.3, -0.25) is 14.9 Å². The first-order chi connectivity index (χ1) is 9.19. The van der Waals surface area contributed by atoms with E-state index in [-0.39, 0.29) is 17.2 Å². The lowest BCUT2D eigenvalue weighted by Gasteiger charge is -2.04. The van der Waals surface area contributed by atoms with E-state index in [1.807, 2.05) is 6.26 Å². The van der Waals surface area contributed by atoms with Crippen molar-refractivity contribution in [1.82, 2.24) is 19.9 Å². The van der Waals surface area contributed by atoms with E-state index in [2.05, 4.69) is 25.3 Å². The number of aromatic nitrogens is 4. The minimum Gasteiger partial charge on any atom is -0.310 e. The highest BCUT2D eigenvalue weighted by atomic mass is 32.2. The van der Waals surface area contributed by atoms with Crippen LogP contribution in [0.2, 0.25) is 0 Å². The predicted octanol–water partition coefficient (Wildman–Crippen LogP) is 0.675. The zero-order valence-corrected chi connectivity index (χ0v) is 10.9. The first-order valence-electron chi connectivity index (χ1n) is 5.36. The SMILES string of the molecule is CSCc1nc(C(=O)Nc2ncccn2)cc(=O)[nH]1. The second-order valence-electron chi connectivity index (χ2n) is 3.54. The molecular weight excluding hydrogens is 266 g/mol. The van der Waals surface area contributed by atoms with E-state index in [0.29, 0.717) is 11.6 Å². The van der Waals surface area contributed by atoms with Crippen LogP contribution in [0.3, 0.4) is 0 Å². The van der Waals surface area contributed by atoms with E-state index >= 15 is 0 Å². The summed E-state index contributed by atoms with van der Waals surface area (Å²) in [6.45, 7) is 0. The van der Waals surface area contributed by atoms with Crippen molar-refractivity contribution in [2.75, 3.05) is 11.6 Å². The van der Waals surface area contributed by atoms with Crippen LogP contribution < -0.4 is 10.9 Å². The highest BCUT2D eigenvalue weighted by molar-refractivity contribution is 7.97. The molecule has 0 fully saturated rings. The van der Waals surface area contributed by atoms with Crippen LogP contribution in [0.1, 0.15) is 16.3 Å². The van der Waals surface area contributed by atoms with Gasteiger partial charge in [0.1, 0.15) is 11.5 Å². The molecule has 0 aliphatic rings. The summed E-state index contributed by atoms with van der Waals surface area (Å²) in [6.07, 6.45) is 4.89. The molecule has 19 heavy (non-hydrogen) atoms. The molecule has 2 aromatic rings. The van der Waals surface area contributed by atoms with Crippen molar-refractivity contribution in [2.24, 2.45) is 0 Å². The fourth-order valence-corrected chi connectivity index (χ4v) is 1.77. The van der Waals surface area contributed by atoms with E-state index in [1.165, 1.54) is 24.2 Å². The maximum atomic E-state index is 11.9. The van der Waals surface area contributed by atoms with Crippen LogP contribution in [-0.4, -0.2) is 32.1 Å². The molecule has 8 heteroatoms. The number of aromatic amines is 1. The molecule has 98 valence electrons. The molecule has 2 rings (SSSR count). The Hall–Kier alpha value is -2.22. The average Bonchev–Trinajstić information content (AvgIpc) is 2.39. The zero-order chi connectivity index (χ0) is 13.7. The van der Waals surface area contributed by atoms with Gasteiger partial charge in [0.2, 0.25) is 5.95 Å². The van der Waals surface area contributed by atoms with Gasteiger partial charge in [-0.25, -0.2) is 15.0 Å². The van der Waals surface area contributed by atoms with E-state index in [9.17, 15) is 9.59 Å². The van der Waals surface area contributed by atoms with Crippen LogP contribution in [0.5, 0.6) is 0 Å². The fraction of sp³-hybridized carbons (Fsp3) is 0.182. The second-order valence-corrected chi connectivity index (χ2v) is 4.40. The van der Waals surface area contributed by atoms with E-state index in [1.54, 1.807) is 6.07 Å². The zero-order valence-electron chi connectivity index (χ0n) is 10.1. The van der Waals surface area contributed by atoms with Gasteiger partial charge >= 0.3 is 0 Å². The maximum absolute atomic E-state index is 11.9. The minimum atomic E-state index is -0.514. The second kappa shape index (κ2) is 6.10. The number of H-pyrrole nitrogens is 1. The van der Waals surface area contributed by atoms with Crippen LogP contribution in [-0.2, 0) is 5.75 Å². The van der Waals surface area contributed by atoms with Crippen molar-refractivity contribution in [3.05, 3.63) is 46.4 Å². The van der Waals surface area contributed by atoms with Crippen molar-refractivity contribution >= 4 is 23.6 Å². The van der Waals surface area contributed by atoms with Gasteiger partial charge in [-0.15, -0.1) is 0 Å².